The number of rotatable bonds is 11. The SMILES string of the molecule is CC(=O)OCCC[C@H](O)[C@H](C)COCOCc1ccccc1. The zero-order valence-electron chi connectivity index (χ0n) is 13.4. The van der Waals surface area contributed by atoms with E-state index in [1.165, 1.54) is 6.92 Å². The van der Waals surface area contributed by atoms with E-state index in [-0.39, 0.29) is 18.7 Å². The second-order valence-electron chi connectivity index (χ2n) is 5.35. The Morgan fingerprint density at radius 1 is 1.23 bits per heavy atom. The molecular formula is C17H26O5. The van der Waals surface area contributed by atoms with Crippen molar-refractivity contribution in [2.75, 3.05) is 20.0 Å². The van der Waals surface area contributed by atoms with Crippen LogP contribution in [-0.4, -0.2) is 37.2 Å². The van der Waals surface area contributed by atoms with E-state index < -0.39 is 6.10 Å². The molecule has 0 aromatic heterocycles. The quantitative estimate of drug-likeness (QED) is 0.386. The van der Waals surface area contributed by atoms with Crippen LogP contribution in [0.25, 0.3) is 0 Å². The summed E-state index contributed by atoms with van der Waals surface area (Å²) in [6, 6.07) is 9.89. The molecule has 0 spiro atoms. The molecule has 0 saturated heterocycles. The number of aliphatic hydroxyl groups is 1. The normalized spacial score (nSPS) is 13.6. The zero-order valence-corrected chi connectivity index (χ0v) is 13.4. The number of esters is 1. The number of ether oxygens (including phenoxy) is 3. The summed E-state index contributed by atoms with van der Waals surface area (Å²) in [4.78, 5) is 10.6. The number of benzene rings is 1. The van der Waals surface area contributed by atoms with Gasteiger partial charge in [-0.1, -0.05) is 37.3 Å². The van der Waals surface area contributed by atoms with Crippen LogP contribution in [0.15, 0.2) is 30.3 Å². The highest BCUT2D eigenvalue weighted by atomic mass is 16.7. The van der Waals surface area contributed by atoms with Gasteiger partial charge >= 0.3 is 5.97 Å². The third-order valence-electron chi connectivity index (χ3n) is 3.27. The van der Waals surface area contributed by atoms with Crippen LogP contribution in [0.1, 0.15) is 32.3 Å². The fourth-order valence-corrected chi connectivity index (χ4v) is 1.93. The molecule has 1 aromatic carbocycles. The first-order chi connectivity index (χ1) is 10.6. The molecule has 0 radical (unpaired) electrons. The maximum Gasteiger partial charge on any atom is 0.302 e. The summed E-state index contributed by atoms with van der Waals surface area (Å²) in [5.41, 5.74) is 1.10. The van der Waals surface area contributed by atoms with Crippen LogP contribution >= 0.6 is 0 Å². The van der Waals surface area contributed by atoms with Gasteiger partial charge in [0.2, 0.25) is 0 Å². The second kappa shape index (κ2) is 11.2. The van der Waals surface area contributed by atoms with Crippen molar-refractivity contribution in [1.82, 2.24) is 0 Å². The first kappa shape index (κ1) is 18.6. The third kappa shape index (κ3) is 8.77. The molecule has 5 heteroatoms. The summed E-state index contributed by atoms with van der Waals surface area (Å²) in [5, 5.41) is 9.96. The minimum Gasteiger partial charge on any atom is -0.466 e. The molecule has 0 aliphatic rings. The number of carbonyl (C=O) groups excluding carboxylic acids is 1. The van der Waals surface area contributed by atoms with Crippen LogP contribution in [0, 0.1) is 5.92 Å². The number of aliphatic hydroxyl groups excluding tert-OH is 1. The fraction of sp³-hybridized carbons (Fsp3) is 0.588. The summed E-state index contributed by atoms with van der Waals surface area (Å²) in [5.74, 6) is -0.279. The molecule has 0 saturated carbocycles. The van der Waals surface area contributed by atoms with E-state index in [2.05, 4.69) is 0 Å². The molecule has 0 aliphatic carbocycles. The Morgan fingerprint density at radius 2 is 1.95 bits per heavy atom. The van der Waals surface area contributed by atoms with E-state index in [4.69, 9.17) is 14.2 Å². The topological polar surface area (TPSA) is 65.0 Å². The second-order valence-corrected chi connectivity index (χ2v) is 5.35. The average Bonchev–Trinajstić information content (AvgIpc) is 2.51. The van der Waals surface area contributed by atoms with Crippen molar-refractivity contribution in [3.05, 3.63) is 35.9 Å². The fourth-order valence-electron chi connectivity index (χ4n) is 1.93. The van der Waals surface area contributed by atoms with Gasteiger partial charge < -0.3 is 19.3 Å². The monoisotopic (exact) mass is 310 g/mol. The van der Waals surface area contributed by atoms with E-state index in [0.717, 1.165) is 5.56 Å². The molecule has 1 aromatic rings. The molecule has 0 bridgehead atoms. The van der Waals surface area contributed by atoms with Gasteiger partial charge in [-0.15, -0.1) is 0 Å². The van der Waals surface area contributed by atoms with Gasteiger partial charge in [-0.05, 0) is 18.4 Å². The van der Waals surface area contributed by atoms with Gasteiger partial charge in [0.05, 0.1) is 25.9 Å². The summed E-state index contributed by atoms with van der Waals surface area (Å²) >= 11 is 0. The van der Waals surface area contributed by atoms with Crippen molar-refractivity contribution in [1.29, 1.82) is 0 Å². The van der Waals surface area contributed by atoms with Gasteiger partial charge in [-0.3, -0.25) is 4.79 Å². The van der Waals surface area contributed by atoms with Crippen molar-refractivity contribution >= 4 is 5.97 Å². The molecule has 5 nitrogen and oxygen atoms in total. The van der Waals surface area contributed by atoms with E-state index in [0.29, 0.717) is 32.7 Å². The van der Waals surface area contributed by atoms with E-state index in [1.807, 2.05) is 37.3 Å². The first-order valence-electron chi connectivity index (χ1n) is 7.60. The van der Waals surface area contributed by atoms with E-state index in [1.54, 1.807) is 0 Å². The number of hydrogen-bond acceptors (Lipinski definition) is 5. The van der Waals surface area contributed by atoms with Crippen molar-refractivity contribution in [2.24, 2.45) is 5.92 Å². The predicted molar refractivity (Wildman–Crippen MR) is 83.1 cm³/mol. The molecule has 22 heavy (non-hydrogen) atoms. The molecule has 0 amide bonds. The lowest BCUT2D eigenvalue weighted by atomic mass is 10.0. The Bertz CT molecular complexity index is 407. The molecule has 0 fully saturated rings. The zero-order chi connectivity index (χ0) is 16.2. The smallest absolute Gasteiger partial charge is 0.302 e. The Morgan fingerprint density at radius 3 is 2.64 bits per heavy atom. The highest BCUT2D eigenvalue weighted by Crippen LogP contribution is 2.10. The molecule has 1 N–H and O–H groups in total. The summed E-state index contributed by atoms with van der Waals surface area (Å²) in [7, 11) is 0. The molecular weight excluding hydrogens is 284 g/mol. The van der Waals surface area contributed by atoms with Crippen molar-refractivity contribution in [3.63, 3.8) is 0 Å². The van der Waals surface area contributed by atoms with Crippen molar-refractivity contribution < 1.29 is 24.1 Å². The molecule has 0 heterocycles. The standard InChI is InChI=1S/C17H26O5/c1-14(17(19)9-6-10-22-15(2)18)11-20-13-21-12-16-7-4-3-5-8-16/h3-5,7-8,14,17,19H,6,9-13H2,1-2H3/t14-,17+/m1/s1. The van der Waals surface area contributed by atoms with Gasteiger partial charge in [-0.25, -0.2) is 0 Å². The Kier molecular flexibility index (Phi) is 9.46. The van der Waals surface area contributed by atoms with Crippen molar-refractivity contribution in [3.8, 4) is 0 Å². The number of hydrogen-bond donors (Lipinski definition) is 1. The van der Waals surface area contributed by atoms with Crippen LogP contribution < -0.4 is 0 Å². The minimum atomic E-state index is -0.468. The van der Waals surface area contributed by atoms with E-state index >= 15 is 0 Å². The lowest BCUT2D eigenvalue weighted by Gasteiger charge is -2.18. The Hall–Kier alpha value is -1.43. The molecule has 124 valence electrons. The number of carbonyl (C=O) groups is 1. The van der Waals surface area contributed by atoms with Crippen LogP contribution in [-0.2, 0) is 25.6 Å². The largest absolute Gasteiger partial charge is 0.466 e. The van der Waals surface area contributed by atoms with Crippen LogP contribution in [0.3, 0.4) is 0 Å². The summed E-state index contributed by atoms with van der Waals surface area (Å²) in [6.45, 7) is 4.80. The maximum absolute atomic E-state index is 10.6. The lowest BCUT2D eigenvalue weighted by Crippen LogP contribution is -2.23. The Labute approximate surface area is 132 Å². The molecule has 0 aliphatic heterocycles. The van der Waals surface area contributed by atoms with Gasteiger partial charge in [0.15, 0.2) is 0 Å². The molecule has 0 unspecified atom stereocenters. The summed E-state index contributed by atoms with van der Waals surface area (Å²) in [6.07, 6.45) is 0.767. The molecule has 2 atom stereocenters. The highest BCUT2D eigenvalue weighted by Gasteiger charge is 2.14. The molecule has 1 rings (SSSR count). The Balaban J connectivity index is 2.02. The average molecular weight is 310 g/mol. The van der Waals surface area contributed by atoms with Gasteiger partial charge in [0.1, 0.15) is 6.79 Å². The predicted octanol–water partition coefficient (Wildman–Crippen LogP) is 2.52. The van der Waals surface area contributed by atoms with Crippen LogP contribution in [0.4, 0.5) is 0 Å². The van der Waals surface area contributed by atoms with Gasteiger partial charge in [0, 0.05) is 12.8 Å². The first-order valence-corrected chi connectivity index (χ1v) is 7.60. The minimum absolute atomic E-state index is 0.0117. The van der Waals surface area contributed by atoms with Gasteiger partial charge in [0.25, 0.3) is 0 Å². The van der Waals surface area contributed by atoms with Crippen LogP contribution in [0.2, 0.25) is 0 Å². The van der Waals surface area contributed by atoms with E-state index in [9.17, 15) is 9.90 Å². The lowest BCUT2D eigenvalue weighted by molar-refractivity contribution is -0.141. The van der Waals surface area contributed by atoms with Crippen LogP contribution in [0.5, 0.6) is 0 Å². The third-order valence-corrected chi connectivity index (χ3v) is 3.27. The summed E-state index contributed by atoms with van der Waals surface area (Å²) < 4.78 is 15.7. The van der Waals surface area contributed by atoms with Gasteiger partial charge in [-0.2, -0.15) is 0 Å². The maximum atomic E-state index is 10.6. The highest BCUT2D eigenvalue weighted by molar-refractivity contribution is 5.65. The van der Waals surface area contributed by atoms with Crippen molar-refractivity contribution in [2.45, 2.75) is 39.4 Å².